The maximum absolute atomic E-state index is 5.26. The lowest BCUT2D eigenvalue weighted by molar-refractivity contribution is 0.182. The summed E-state index contributed by atoms with van der Waals surface area (Å²) < 4.78 is 5.26. The van der Waals surface area contributed by atoms with Crippen LogP contribution in [0.15, 0.2) is 29.3 Å². The molecule has 1 unspecified atom stereocenters. The molecule has 2 heterocycles. The number of hydrogen-bond acceptors (Lipinski definition) is 4. The van der Waals surface area contributed by atoms with Crippen LogP contribution in [0.2, 0.25) is 0 Å². The van der Waals surface area contributed by atoms with Crippen molar-refractivity contribution in [3.63, 3.8) is 0 Å². The van der Waals surface area contributed by atoms with Crippen molar-refractivity contribution in [2.45, 2.75) is 19.8 Å². The summed E-state index contributed by atoms with van der Waals surface area (Å²) in [7, 11) is 3.61. The monoisotopic (exact) mass is 501 g/mol. The Balaban J connectivity index is 0.00000280. The van der Waals surface area contributed by atoms with Gasteiger partial charge in [-0.3, -0.25) is 4.99 Å². The molecular weight excluding hydrogens is 465 g/mol. The van der Waals surface area contributed by atoms with Gasteiger partial charge in [-0.05, 0) is 56.1 Å². The Hall–Kier alpha value is -1.22. The van der Waals surface area contributed by atoms with Crippen LogP contribution in [0.5, 0.6) is 5.75 Å². The summed E-state index contributed by atoms with van der Waals surface area (Å²) in [5.74, 6) is 2.69. The van der Waals surface area contributed by atoms with Gasteiger partial charge in [0.2, 0.25) is 0 Å². The molecule has 158 valence electrons. The maximum Gasteiger partial charge on any atom is 0.193 e. The summed E-state index contributed by atoms with van der Waals surface area (Å²) in [5, 5.41) is 3.64. The summed E-state index contributed by atoms with van der Waals surface area (Å²) >= 11 is 0. The van der Waals surface area contributed by atoms with Crippen LogP contribution in [-0.2, 0) is 0 Å². The number of methoxy groups -OCH3 is 1. The summed E-state index contributed by atoms with van der Waals surface area (Å²) in [5.41, 5.74) is 1.26. The Kier molecular flexibility index (Phi) is 9.64. The van der Waals surface area contributed by atoms with Gasteiger partial charge < -0.3 is 24.8 Å². The number of likely N-dealkylation sites (tertiary alicyclic amines) is 1. The van der Waals surface area contributed by atoms with Crippen LogP contribution in [0, 0.1) is 5.92 Å². The lowest BCUT2D eigenvalue weighted by atomic mass is 9.98. The van der Waals surface area contributed by atoms with Crippen LogP contribution in [-0.4, -0.2) is 82.3 Å². The van der Waals surface area contributed by atoms with Gasteiger partial charge >= 0.3 is 0 Å². The van der Waals surface area contributed by atoms with E-state index in [0.717, 1.165) is 50.4 Å². The largest absolute Gasteiger partial charge is 0.497 e. The second-order valence-corrected chi connectivity index (χ2v) is 7.50. The fraction of sp³-hybridized carbons (Fsp3) is 0.667. The summed E-state index contributed by atoms with van der Waals surface area (Å²) in [6.45, 7) is 11.0. The van der Waals surface area contributed by atoms with E-state index in [1.807, 2.05) is 19.2 Å². The van der Waals surface area contributed by atoms with Gasteiger partial charge in [-0.1, -0.05) is 6.92 Å². The van der Waals surface area contributed by atoms with E-state index in [1.54, 1.807) is 7.11 Å². The topological polar surface area (TPSA) is 43.3 Å². The lowest BCUT2D eigenvalue weighted by Crippen LogP contribution is -2.53. The Morgan fingerprint density at radius 2 is 1.86 bits per heavy atom. The van der Waals surface area contributed by atoms with E-state index in [9.17, 15) is 0 Å². The number of hydrogen-bond donors (Lipinski definition) is 1. The second kappa shape index (κ2) is 11.7. The zero-order valence-electron chi connectivity index (χ0n) is 17.6. The van der Waals surface area contributed by atoms with E-state index in [-0.39, 0.29) is 24.0 Å². The van der Waals surface area contributed by atoms with E-state index in [4.69, 9.17) is 4.74 Å². The quantitative estimate of drug-likeness (QED) is 0.382. The van der Waals surface area contributed by atoms with Crippen LogP contribution in [0.3, 0.4) is 0 Å². The van der Waals surface area contributed by atoms with Crippen molar-refractivity contribution in [1.29, 1.82) is 0 Å². The summed E-state index contributed by atoms with van der Waals surface area (Å²) in [6.07, 6.45) is 2.64. The predicted molar refractivity (Wildman–Crippen MR) is 128 cm³/mol. The van der Waals surface area contributed by atoms with E-state index < -0.39 is 0 Å². The molecule has 0 spiro atoms. The fourth-order valence-corrected chi connectivity index (χ4v) is 4.14. The average molecular weight is 501 g/mol. The number of aliphatic imine (C=N–C) groups is 1. The van der Waals surface area contributed by atoms with Gasteiger partial charge in [0.15, 0.2) is 5.96 Å². The normalized spacial score (nSPS) is 21.2. The number of nitrogens with zero attached hydrogens (tertiary/aromatic N) is 4. The number of rotatable bonds is 5. The van der Waals surface area contributed by atoms with Gasteiger partial charge in [0, 0.05) is 52.0 Å². The molecule has 3 rings (SSSR count). The molecule has 1 aromatic rings. The number of halogens is 1. The first-order valence-corrected chi connectivity index (χ1v) is 10.3. The lowest BCUT2D eigenvalue weighted by Gasteiger charge is -2.38. The molecule has 0 amide bonds. The van der Waals surface area contributed by atoms with E-state index in [2.05, 4.69) is 44.1 Å². The number of ether oxygens (including phenoxy) is 1. The van der Waals surface area contributed by atoms with E-state index in [1.165, 1.54) is 38.2 Å². The maximum atomic E-state index is 5.26. The molecule has 0 aromatic heterocycles. The van der Waals surface area contributed by atoms with Crippen molar-refractivity contribution < 1.29 is 4.74 Å². The number of anilines is 1. The zero-order valence-corrected chi connectivity index (χ0v) is 19.9. The highest BCUT2D eigenvalue weighted by Gasteiger charge is 2.22. The van der Waals surface area contributed by atoms with Crippen LogP contribution in [0.1, 0.15) is 19.8 Å². The summed E-state index contributed by atoms with van der Waals surface area (Å²) in [4.78, 5) is 11.9. The van der Waals surface area contributed by atoms with Crippen molar-refractivity contribution in [2.24, 2.45) is 10.9 Å². The number of guanidine groups is 1. The molecule has 7 heteroatoms. The van der Waals surface area contributed by atoms with Gasteiger partial charge in [-0.2, -0.15) is 0 Å². The Labute approximate surface area is 187 Å². The first-order chi connectivity index (χ1) is 13.2. The van der Waals surface area contributed by atoms with Crippen molar-refractivity contribution in [2.75, 3.05) is 71.4 Å². The number of nitrogens with one attached hydrogen (secondary N) is 1. The molecular formula is C21H36IN5O. The molecule has 0 saturated carbocycles. The molecule has 6 nitrogen and oxygen atoms in total. The molecule has 2 saturated heterocycles. The van der Waals surface area contributed by atoms with Crippen LogP contribution >= 0.6 is 24.0 Å². The van der Waals surface area contributed by atoms with Crippen molar-refractivity contribution in [3.05, 3.63) is 24.3 Å². The molecule has 1 N–H and O–H groups in total. The van der Waals surface area contributed by atoms with Gasteiger partial charge in [-0.15, -0.1) is 24.0 Å². The van der Waals surface area contributed by atoms with Crippen LogP contribution < -0.4 is 15.0 Å². The minimum atomic E-state index is 0. The highest BCUT2D eigenvalue weighted by Crippen LogP contribution is 2.20. The highest BCUT2D eigenvalue weighted by atomic mass is 127. The molecule has 1 atom stereocenters. The minimum Gasteiger partial charge on any atom is -0.497 e. The molecule has 2 fully saturated rings. The molecule has 2 aliphatic rings. The SMILES string of the molecule is CCN1CCCC(CNC(=NC)N2CCN(c3ccc(OC)cc3)CC2)C1.I. The first kappa shape index (κ1) is 23.1. The molecule has 1 aromatic carbocycles. The van der Waals surface area contributed by atoms with Gasteiger partial charge in [-0.25, -0.2) is 0 Å². The smallest absolute Gasteiger partial charge is 0.193 e. The standard InChI is InChI=1S/C21H35N5O.HI/c1-4-24-11-5-6-18(17-24)16-23-21(22-2)26-14-12-25(13-15-26)19-7-9-20(27-3)10-8-19;/h7-10,18H,4-6,11-17H2,1-3H3,(H,22,23);1H. The third-order valence-corrected chi connectivity index (χ3v) is 5.83. The molecule has 0 radical (unpaired) electrons. The predicted octanol–water partition coefficient (Wildman–Crippen LogP) is 2.74. The van der Waals surface area contributed by atoms with Crippen LogP contribution in [0.4, 0.5) is 5.69 Å². The third-order valence-electron chi connectivity index (χ3n) is 5.83. The van der Waals surface area contributed by atoms with Gasteiger partial charge in [0.05, 0.1) is 7.11 Å². The number of piperidine rings is 1. The first-order valence-electron chi connectivity index (χ1n) is 10.3. The van der Waals surface area contributed by atoms with E-state index >= 15 is 0 Å². The van der Waals surface area contributed by atoms with Crippen molar-refractivity contribution in [1.82, 2.24) is 15.1 Å². The van der Waals surface area contributed by atoms with Gasteiger partial charge in [0.1, 0.15) is 5.75 Å². The minimum absolute atomic E-state index is 0. The number of piperazine rings is 1. The number of benzene rings is 1. The Bertz CT molecular complexity index is 601. The Morgan fingerprint density at radius 3 is 2.46 bits per heavy atom. The fourth-order valence-electron chi connectivity index (χ4n) is 4.14. The van der Waals surface area contributed by atoms with Crippen molar-refractivity contribution >= 4 is 35.6 Å². The summed E-state index contributed by atoms with van der Waals surface area (Å²) in [6, 6.07) is 8.35. The molecule has 0 aliphatic carbocycles. The average Bonchev–Trinajstić information content (AvgIpc) is 2.75. The van der Waals surface area contributed by atoms with Gasteiger partial charge in [0.25, 0.3) is 0 Å². The zero-order chi connectivity index (χ0) is 19.1. The molecule has 28 heavy (non-hydrogen) atoms. The molecule has 0 bridgehead atoms. The van der Waals surface area contributed by atoms with Crippen LogP contribution in [0.25, 0.3) is 0 Å². The second-order valence-electron chi connectivity index (χ2n) is 7.50. The van der Waals surface area contributed by atoms with Crippen molar-refractivity contribution in [3.8, 4) is 5.75 Å². The highest BCUT2D eigenvalue weighted by molar-refractivity contribution is 14.0. The Morgan fingerprint density at radius 1 is 1.14 bits per heavy atom. The molecule has 2 aliphatic heterocycles. The van der Waals surface area contributed by atoms with E-state index in [0.29, 0.717) is 0 Å². The third kappa shape index (κ3) is 6.14.